The zero-order chi connectivity index (χ0) is 11.7. The summed E-state index contributed by atoms with van der Waals surface area (Å²) in [6, 6.07) is 7.50. The SMILES string of the molecule is COC(=O)c1ccc2ccc(C)c(Br)c2n1. The smallest absolute Gasteiger partial charge is 0.356 e. The third kappa shape index (κ3) is 1.80. The van der Waals surface area contributed by atoms with Gasteiger partial charge in [0.1, 0.15) is 5.69 Å². The Morgan fingerprint density at radius 3 is 2.69 bits per heavy atom. The first-order valence-electron chi connectivity index (χ1n) is 4.77. The van der Waals surface area contributed by atoms with E-state index in [0.29, 0.717) is 5.69 Å². The Hall–Kier alpha value is -1.42. The molecular weight excluding hydrogens is 270 g/mol. The summed E-state index contributed by atoms with van der Waals surface area (Å²) in [6.07, 6.45) is 0. The van der Waals surface area contributed by atoms with Gasteiger partial charge in [-0.2, -0.15) is 0 Å². The van der Waals surface area contributed by atoms with Crippen molar-refractivity contribution in [3.8, 4) is 0 Å². The van der Waals surface area contributed by atoms with Crippen LogP contribution in [-0.4, -0.2) is 18.1 Å². The normalized spacial score (nSPS) is 10.4. The Morgan fingerprint density at radius 1 is 1.31 bits per heavy atom. The van der Waals surface area contributed by atoms with Crippen LogP contribution in [0.1, 0.15) is 16.1 Å². The van der Waals surface area contributed by atoms with Crippen LogP contribution in [0.25, 0.3) is 10.9 Å². The van der Waals surface area contributed by atoms with Gasteiger partial charge in [-0.15, -0.1) is 0 Å². The summed E-state index contributed by atoms with van der Waals surface area (Å²) < 4.78 is 5.55. The van der Waals surface area contributed by atoms with Crippen LogP contribution >= 0.6 is 15.9 Å². The molecule has 0 fully saturated rings. The van der Waals surface area contributed by atoms with E-state index in [1.807, 2.05) is 25.1 Å². The summed E-state index contributed by atoms with van der Waals surface area (Å²) in [7, 11) is 1.35. The second-order valence-electron chi connectivity index (χ2n) is 3.46. The van der Waals surface area contributed by atoms with Crippen molar-refractivity contribution >= 4 is 32.8 Å². The van der Waals surface area contributed by atoms with E-state index in [1.54, 1.807) is 6.07 Å². The van der Waals surface area contributed by atoms with Gasteiger partial charge in [0.15, 0.2) is 0 Å². The standard InChI is InChI=1S/C12H10BrNO2/c1-7-3-4-8-5-6-9(12(15)16-2)14-11(8)10(7)13/h3-6H,1-2H3. The number of ether oxygens (including phenoxy) is 1. The Morgan fingerprint density at radius 2 is 2.00 bits per heavy atom. The molecule has 0 radical (unpaired) electrons. The molecule has 1 aromatic heterocycles. The highest BCUT2D eigenvalue weighted by Crippen LogP contribution is 2.25. The average molecular weight is 280 g/mol. The molecular formula is C12H10BrNO2. The molecule has 82 valence electrons. The van der Waals surface area contributed by atoms with Crippen molar-refractivity contribution in [2.24, 2.45) is 0 Å². The summed E-state index contributed by atoms with van der Waals surface area (Å²) in [5.41, 5.74) is 2.19. The van der Waals surface area contributed by atoms with Gasteiger partial charge < -0.3 is 4.74 Å². The molecule has 0 unspecified atom stereocenters. The Balaban J connectivity index is 2.69. The second-order valence-corrected chi connectivity index (χ2v) is 4.25. The van der Waals surface area contributed by atoms with Gasteiger partial charge in [-0.05, 0) is 34.5 Å². The van der Waals surface area contributed by atoms with E-state index in [0.717, 1.165) is 20.9 Å². The van der Waals surface area contributed by atoms with E-state index in [1.165, 1.54) is 7.11 Å². The second kappa shape index (κ2) is 4.22. The Bertz CT molecular complexity index is 566. The first-order valence-corrected chi connectivity index (χ1v) is 5.57. The highest BCUT2D eigenvalue weighted by molar-refractivity contribution is 9.10. The number of methoxy groups -OCH3 is 1. The van der Waals surface area contributed by atoms with Crippen molar-refractivity contribution in [1.82, 2.24) is 4.98 Å². The van der Waals surface area contributed by atoms with E-state index < -0.39 is 5.97 Å². The van der Waals surface area contributed by atoms with Gasteiger partial charge in [-0.1, -0.05) is 18.2 Å². The van der Waals surface area contributed by atoms with E-state index >= 15 is 0 Å². The van der Waals surface area contributed by atoms with Gasteiger partial charge in [0, 0.05) is 9.86 Å². The number of hydrogen-bond acceptors (Lipinski definition) is 3. The minimum atomic E-state index is -0.421. The monoisotopic (exact) mass is 279 g/mol. The van der Waals surface area contributed by atoms with E-state index in [4.69, 9.17) is 0 Å². The number of aryl methyl sites for hydroxylation is 1. The number of esters is 1. The summed E-state index contributed by atoms with van der Waals surface area (Å²) in [4.78, 5) is 15.6. The van der Waals surface area contributed by atoms with Crippen molar-refractivity contribution in [2.45, 2.75) is 6.92 Å². The molecule has 0 atom stereocenters. The van der Waals surface area contributed by atoms with Gasteiger partial charge in [0.25, 0.3) is 0 Å². The van der Waals surface area contributed by atoms with Gasteiger partial charge in [-0.25, -0.2) is 9.78 Å². The highest BCUT2D eigenvalue weighted by Gasteiger charge is 2.10. The Labute approximate surface area is 102 Å². The molecule has 0 saturated carbocycles. The maximum Gasteiger partial charge on any atom is 0.356 e. The van der Waals surface area contributed by atoms with Crippen LogP contribution in [0.5, 0.6) is 0 Å². The number of rotatable bonds is 1. The van der Waals surface area contributed by atoms with Crippen LogP contribution in [0.4, 0.5) is 0 Å². The molecule has 0 aliphatic heterocycles. The van der Waals surface area contributed by atoms with E-state index in [-0.39, 0.29) is 0 Å². The third-order valence-corrected chi connectivity index (χ3v) is 3.39. The first-order chi connectivity index (χ1) is 7.63. The third-order valence-electron chi connectivity index (χ3n) is 2.39. The van der Waals surface area contributed by atoms with Gasteiger partial charge in [0.05, 0.1) is 12.6 Å². The Kier molecular flexibility index (Phi) is 2.92. The molecule has 1 aromatic carbocycles. The molecule has 3 nitrogen and oxygen atoms in total. The summed E-state index contributed by atoms with van der Waals surface area (Å²) >= 11 is 3.47. The molecule has 0 aliphatic carbocycles. The number of carbonyl (C=O) groups excluding carboxylic acids is 1. The predicted octanol–water partition coefficient (Wildman–Crippen LogP) is 3.09. The highest BCUT2D eigenvalue weighted by atomic mass is 79.9. The molecule has 0 amide bonds. The molecule has 0 N–H and O–H groups in total. The van der Waals surface area contributed by atoms with E-state index in [9.17, 15) is 4.79 Å². The van der Waals surface area contributed by atoms with Crippen molar-refractivity contribution in [2.75, 3.05) is 7.11 Å². The summed E-state index contributed by atoms with van der Waals surface area (Å²) in [5, 5.41) is 0.991. The molecule has 16 heavy (non-hydrogen) atoms. The van der Waals surface area contributed by atoms with Gasteiger partial charge in [-0.3, -0.25) is 0 Å². The maximum absolute atomic E-state index is 11.4. The molecule has 0 aliphatic rings. The number of pyridine rings is 1. The van der Waals surface area contributed by atoms with Crippen molar-refractivity contribution in [1.29, 1.82) is 0 Å². The lowest BCUT2D eigenvalue weighted by Gasteiger charge is -2.05. The van der Waals surface area contributed by atoms with Crippen LogP contribution in [0.15, 0.2) is 28.7 Å². The fraction of sp³-hybridized carbons (Fsp3) is 0.167. The molecule has 2 aromatic rings. The van der Waals surface area contributed by atoms with Crippen molar-refractivity contribution in [3.05, 3.63) is 40.0 Å². The predicted molar refractivity (Wildman–Crippen MR) is 65.5 cm³/mol. The summed E-state index contributed by atoms with van der Waals surface area (Å²) in [6.45, 7) is 1.98. The van der Waals surface area contributed by atoms with Gasteiger partial charge >= 0.3 is 5.97 Å². The first kappa shape index (κ1) is 11.1. The zero-order valence-electron chi connectivity index (χ0n) is 8.95. The van der Waals surface area contributed by atoms with Gasteiger partial charge in [0.2, 0.25) is 0 Å². The molecule has 1 heterocycles. The molecule has 2 rings (SSSR count). The number of hydrogen-bond donors (Lipinski definition) is 0. The fourth-order valence-electron chi connectivity index (χ4n) is 1.47. The van der Waals surface area contributed by atoms with Crippen LogP contribution in [0, 0.1) is 6.92 Å². The van der Waals surface area contributed by atoms with Crippen molar-refractivity contribution in [3.63, 3.8) is 0 Å². The molecule has 0 spiro atoms. The minimum Gasteiger partial charge on any atom is -0.464 e. The zero-order valence-corrected chi connectivity index (χ0v) is 10.5. The quantitative estimate of drug-likeness (QED) is 0.753. The number of carbonyl (C=O) groups is 1. The number of fused-ring (bicyclic) bond motifs is 1. The minimum absolute atomic E-state index is 0.321. The topological polar surface area (TPSA) is 39.2 Å². The average Bonchev–Trinajstić information content (AvgIpc) is 2.32. The van der Waals surface area contributed by atoms with Crippen molar-refractivity contribution < 1.29 is 9.53 Å². The maximum atomic E-state index is 11.4. The molecule has 0 saturated heterocycles. The van der Waals surface area contributed by atoms with Crippen LogP contribution in [0.2, 0.25) is 0 Å². The largest absolute Gasteiger partial charge is 0.464 e. The van der Waals surface area contributed by atoms with Crippen LogP contribution in [-0.2, 0) is 4.74 Å². The molecule has 0 bridgehead atoms. The van der Waals surface area contributed by atoms with Crippen LogP contribution < -0.4 is 0 Å². The number of benzene rings is 1. The molecule has 4 heteroatoms. The lowest BCUT2D eigenvalue weighted by atomic mass is 10.1. The lowest BCUT2D eigenvalue weighted by molar-refractivity contribution is 0.0594. The number of nitrogens with zero attached hydrogens (tertiary/aromatic N) is 1. The van der Waals surface area contributed by atoms with E-state index in [2.05, 4.69) is 25.7 Å². The lowest BCUT2D eigenvalue weighted by Crippen LogP contribution is -2.04. The fourth-order valence-corrected chi connectivity index (χ4v) is 1.92. The summed E-state index contributed by atoms with van der Waals surface area (Å²) in [5.74, 6) is -0.421. The van der Waals surface area contributed by atoms with Crippen LogP contribution in [0.3, 0.4) is 0 Å². The number of aromatic nitrogens is 1. The number of halogens is 1.